The van der Waals surface area contributed by atoms with Gasteiger partial charge in [-0.1, -0.05) is 23.2 Å². The van der Waals surface area contributed by atoms with Crippen LogP contribution in [-0.4, -0.2) is 42.5 Å². The van der Waals surface area contributed by atoms with Crippen LogP contribution in [0.1, 0.15) is 6.42 Å². The largest absolute Gasteiger partial charge is 0.396 e. The molecule has 0 saturated carbocycles. The maximum Gasteiger partial charge on any atom is 0.244 e. The zero-order chi connectivity index (χ0) is 13.3. The van der Waals surface area contributed by atoms with E-state index in [2.05, 4.69) is 4.98 Å². The summed E-state index contributed by atoms with van der Waals surface area (Å²) < 4.78 is 25.9. The lowest BCUT2D eigenvalue weighted by Gasteiger charge is -2.16. The molecule has 1 saturated heterocycles. The quantitative estimate of drug-likeness (QED) is 0.857. The molecule has 2 rings (SSSR count). The maximum atomic E-state index is 12.3. The highest BCUT2D eigenvalue weighted by atomic mass is 35.5. The van der Waals surface area contributed by atoms with Crippen LogP contribution in [0.15, 0.2) is 17.2 Å². The molecule has 0 amide bonds. The third kappa shape index (κ3) is 2.62. The number of sulfonamides is 1. The number of hydrogen-bond donors (Lipinski definition) is 1. The molecule has 1 fully saturated rings. The third-order valence-corrected chi connectivity index (χ3v) is 5.43. The lowest BCUT2D eigenvalue weighted by atomic mass is 10.1. The predicted molar refractivity (Wildman–Crippen MR) is 68.2 cm³/mol. The van der Waals surface area contributed by atoms with E-state index in [4.69, 9.17) is 28.3 Å². The first-order chi connectivity index (χ1) is 8.45. The standard InChI is InChI=1S/C10H12Cl2N2O3S/c11-9-3-8(4-13-10(9)12)18(16,17)14-2-1-7(5-14)6-15/h3-4,7,15H,1-2,5-6H2. The summed E-state index contributed by atoms with van der Waals surface area (Å²) in [5.74, 6) is -0.00416. The average molecular weight is 311 g/mol. The topological polar surface area (TPSA) is 70.5 Å². The number of rotatable bonds is 3. The highest BCUT2D eigenvalue weighted by Crippen LogP contribution is 2.27. The van der Waals surface area contributed by atoms with Gasteiger partial charge in [0.2, 0.25) is 10.0 Å². The van der Waals surface area contributed by atoms with Crippen LogP contribution < -0.4 is 0 Å². The lowest BCUT2D eigenvalue weighted by molar-refractivity contribution is 0.233. The normalized spacial score (nSPS) is 21.4. The number of aromatic nitrogens is 1. The molecule has 5 nitrogen and oxygen atoms in total. The molecule has 0 spiro atoms. The maximum absolute atomic E-state index is 12.3. The number of nitrogens with zero attached hydrogens (tertiary/aromatic N) is 2. The van der Waals surface area contributed by atoms with Gasteiger partial charge in [0, 0.05) is 25.9 Å². The van der Waals surface area contributed by atoms with Gasteiger partial charge in [-0.2, -0.15) is 4.31 Å². The summed E-state index contributed by atoms with van der Waals surface area (Å²) in [6.45, 7) is 0.707. The second kappa shape index (κ2) is 5.30. The molecule has 1 aromatic rings. The van der Waals surface area contributed by atoms with Crippen molar-refractivity contribution in [3.63, 3.8) is 0 Å². The van der Waals surface area contributed by atoms with Gasteiger partial charge in [-0.25, -0.2) is 13.4 Å². The number of pyridine rings is 1. The molecule has 1 unspecified atom stereocenters. The number of aliphatic hydroxyl groups is 1. The minimum Gasteiger partial charge on any atom is -0.396 e. The van der Waals surface area contributed by atoms with Crippen molar-refractivity contribution in [2.75, 3.05) is 19.7 Å². The Bertz CT molecular complexity index is 550. The van der Waals surface area contributed by atoms with Gasteiger partial charge >= 0.3 is 0 Å². The van der Waals surface area contributed by atoms with Gasteiger partial charge in [0.25, 0.3) is 0 Å². The predicted octanol–water partition coefficient (Wildman–Crippen LogP) is 1.39. The molecule has 0 bridgehead atoms. The summed E-state index contributed by atoms with van der Waals surface area (Å²) in [4.78, 5) is 3.76. The first kappa shape index (κ1) is 14.0. The summed E-state index contributed by atoms with van der Waals surface area (Å²) in [5, 5.41) is 9.21. The molecular weight excluding hydrogens is 299 g/mol. The van der Waals surface area contributed by atoms with Crippen molar-refractivity contribution in [3.05, 3.63) is 22.4 Å². The van der Waals surface area contributed by atoms with E-state index in [9.17, 15) is 8.42 Å². The molecule has 0 aliphatic carbocycles. The molecule has 1 aliphatic rings. The molecular formula is C10H12Cl2N2O3S. The van der Waals surface area contributed by atoms with Crippen molar-refractivity contribution < 1.29 is 13.5 Å². The van der Waals surface area contributed by atoms with Crippen LogP contribution in [0, 0.1) is 5.92 Å². The Hall–Kier alpha value is -0.400. The Labute approximate surface area is 115 Å². The molecule has 1 N–H and O–H groups in total. The number of hydrogen-bond acceptors (Lipinski definition) is 4. The smallest absolute Gasteiger partial charge is 0.244 e. The molecule has 8 heteroatoms. The van der Waals surface area contributed by atoms with Crippen LogP contribution in [0.4, 0.5) is 0 Å². The Balaban J connectivity index is 2.28. The summed E-state index contributed by atoms with van der Waals surface area (Å²) >= 11 is 11.4. The first-order valence-corrected chi connectivity index (χ1v) is 7.57. The van der Waals surface area contributed by atoms with Crippen molar-refractivity contribution in [3.8, 4) is 0 Å². The minimum absolute atomic E-state index is 0.00416. The zero-order valence-electron chi connectivity index (χ0n) is 9.38. The van der Waals surface area contributed by atoms with Gasteiger partial charge in [0.05, 0.1) is 5.02 Å². The van der Waals surface area contributed by atoms with Crippen molar-refractivity contribution >= 4 is 33.2 Å². The van der Waals surface area contributed by atoms with Gasteiger partial charge in [-0.3, -0.25) is 0 Å². The SMILES string of the molecule is O=S(=O)(c1cnc(Cl)c(Cl)c1)N1CCC(CO)C1. The Kier molecular flexibility index (Phi) is 4.13. The van der Waals surface area contributed by atoms with E-state index in [0.29, 0.717) is 19.5 Å². The molecule has 1 atom stereocenters. The summed E-state index contributed by atoms with van der Waals surface area (Å²) in [7, 11) is -3.60. The van der Waals surface area contributed by atoms with E-state index < -0.39 is 10.0 Å². The molecule has 1 aromatic heterocycles. The van der Waals surface area contributed by atoms with E-state index in [0.717, 1.165) is 0 Å². The van der Waals surface area contributed by atoms with Gasteiger partial charge in [-0.05, 0) is 18.4 Å². The van der Waals surface area contributed by atoms with E-state index >= 15 is 0 Å². The van der Waals surface area contributed by atoms with E-state index in [1.807, 2.05) is 0 Å². The molecule has 0 aromatic carbocycles. The van der Waals surface area contributed by atoms with Crippen LogP contribution in [0.5, 0.6) is 0 Å². The highest BCUT2D eigenvalue weighted by molar-refractivity contribution is 7.89. The van der Waals surface area contributed by atoms with Crippen molar-refractivity contribution in [2.45, 2.75) is 11.3 Å². The van der Waals surface area contributed by atoms with Crippen molar-refractivity contribution in [1.29, 1.82) is 0 Å². The van der Waals surface area contributed by atoms with Gasteiger partial charge in [0.1, 0.15) is 10.0 Å². The average Bonchev–Trinajstić information content (AvgIpc) is 2.81. The van der Waals surface area contributed by atoms with Crippen LogP contribution in [0.3, 0.4) is 0 Å². The summed E-state index contributed by atoms with van der Waals surface area (Å²) in [6.07, 6.45) is 1.85. The van der Waals surface area contributed by atoms with Crippen LogP contribution in [0.2, 0.25) is 10.2 Å². The van der Waals surface area contributed by atoms with Crippen LogP contribution in [-0.2, 0) is 10.0 Å². The van der Waals surface area contributed by atoms with Gasteiger partial charge in [0.15, 0.2) is 0 Å². The third-order valence-electron chi connectivity index (χ3n) is 2.92. The van der Waals surface area contributed by atoms with Crippen molar-refractivity contribution in [2.24, 2.45) is 5.92 Å². The second-order valence-corrected chi connectivity index (χ2v) is 6.85. The fraction of sp³-hybridized carbons (Fsp3) is 0.500. The van der Waals surface area contributed by atoms with Crippen LogP contribution >= 0.6 is 23.2 Å². The van der Waals surface area contributed by atoms with E-state index in [1.165, 1.54) is 16.6 Å². The monoisotopic (exact) mass is 310 g/mol. The second-order valence-electron chi connectivity index (χ2n) is 4.14. The van der Waals surface area contributed by atoms with E-state index in [1.54, 1.807) is 0 Å². The summed E-state index contributed by atoms with van der Waals surface area (Å²) in [6, 6.07) is 1.29. The van der Waals surface area contributed by atoms with Crippen LogP contribution in [0.25, 0.3) is 0 Å². The molecule has 100 valence electrons. The number of aliphatic hydroxyl groups excluding tert-OH is 1. The first-order valence-electron chi connectivity index (χ1n) is 5.37. The highest BCUT2D eigenvalue weighted by Gasteiger charge is 2.32. The molecule has 2 heterocycles. The minimum atomic E-state index is -3.60. The molecule has 0 radical (unpaired) electrons. The Morgan fingerprint density at radius 1 is 1.50 bits per heavy atom. The summed E-state index contributed by atoms with van der Waals surface area (Å²) in [5.41, 5.74) is 0. The Morgan fingerprint density at radius 2 is 2.22 bits per heavy atom. The fourth-order valence-electron chi connectivity index (χ4n) is 1.86. The lowest BCUT2D eigenvalue weighted by Crippen LogP contribution is -2.29. The fourth-order valence-corrected chi connectivity index (χ4v) is 3.70. The zero-order valence-corrected chi connectivity index (χ0v) is 11.7. The Morgan fingerprint density at radius 3 is 2.78 bits per heavy atom. The molecule has 18 heavy (non-hydrogen) atoms. The van der Waals surface area contributed by atoms with E-state index in [-0.39, 0.29) is 27.6 Å². The van der Waals surface area contributed by atoms with Gasteiger partial charge < -0.3 is 5.11 Å². The molecule has 1 aliphatic heterocycles. The number of halogens is 2. The van der Waals surface area contributed by atoms with Crippen molar-refractivity contribution in [1.82, 2.24) is 9.29 Å². The van der Waals surface area contributed by atoms with Gasteiger partial charge in [-0.15, -0.1) is 0 Å².